The lowest BCUT2D eigenvalue weighted by Crippen LogP contribution is -2.48. The number of benzene rings is 2. The number of halogens is 1. The van der Waals surface area contributed by atoms with Crippen molar-refractivity contribution in [2.45, 2.75) is 24.6 Å². The van der Waals surface area contributed by atoms with Gasteiger partial charge in [-0.2, -0.15) is 10.4 Å². The molecule has 5 rings (SSSR count). The van der Waals surface area contributed by atoms with Gasteiger partial charge in [-0.1, -0.05) is 18.2 Å². The highest BCUT2D eigenvalue weighted by Crippen LogP contribution is 2.51. The Bertz CT molecular complexity index is 1320. The number of nitrogens with zero attached hydrogens (tertiary/aromatic N) is 4. The molecule has 0 unspecified atom stereocenters. The average molecular weight is 477 g/mol. The molecular weight excluding hydrogens is 455 g/mol. The first-order valence-electron chi connectivity index (χ1n) is 10.7. The summed E-state index contributed by atoms with van der Waals surface area (Å²) in [7, 11) is 1.59. The fraction of sp³-hybridized carbons (Fsp3) is 0.240. The van der Waals surface area contributed by atoms with Gasteiger partial charge in [-0.15, -0.1) is 11.8 Å². The number of hydrogen-bond donors (Lipinski definition) is 1. The number of amides is 1. The summed E-state index contributed by atoms with van der Waals surface area (Å²) in [5.41, 5.74) is 0.896. The van der Waals surface area contributed by atoms with E-state index in [2.05, 4.69) is 11.2 Å². The number of thioether (sulfide) groups is 1. The van der Waals surface area contributed by atoms with Crippen LogP contribution in [-0.4, -0.2) is 38.6 Å². The number of carbonyl (C=O) groups excluding carboxylic acids is 1. The lowest BCUT2D eigenvalue weighted by atomic mass is 9.84. The largest absolute Gasteiger partial charge is 0.496 e. The van der Waals surface area contributed by atoms with E-state index in [9.17, 15) is 19.6 Å². The van der Waals surface area contributed by atoms with E-state index in [-0.39, 0.29) is 18.1 Å². The van der Waals surface area contributed by atoms with E-state index in [0.29, 0.717) is 28.5 Å². The maximum atomic E-state index is 13.4. The van der Waals surface area contributed by atoms with Crippen LogP contribution in [0.4, 0.5) is 4.39 Å². The van der Waals surface area contributed by atoms with E-state index in [1.165, 1.54) is 40.9 Å². The van der Waals surface area contributed by atoms with Gasteiger partial charge in [0, 0.05) is 35.9 Å². The Hall–Kier alpha value is -3.61. The highest BCUT2D eigenvalue weighted by molar-refractivity contribution is 8.03. The smallest absolute Gasteiger partial charge is 0.231 e. The van der Waals surface area contributed by atoms with E-state index in [1.54, 1.807) is 18.0 Å². The lowest BCUT2D eigenvalue weighted by molar-refractivity contribution is -0.149. The molecule has 1 saturated heterocycles. The summed E-state index contributed by atoms with van der Waals surface area (Å²) in [4.78, 5) is 14.6. The molecule has 2 atom stereocenters. The minimum Gasteiger partial charge on any atom is -0.496 e. The van der Waals surface area contributed by atoms with Crippen molar-refractivity contribution in [2.24, 2.45) is 0 Å². The van der Waals surface area contributed by atoms with Crippen molar-refractivity contribution in [2.75, 3.05) is 12.9 Å². The third kappa shape index (κ3) is 3.65. The molecule has 2 aliphatic heterocycles. The molecule has 7 nitrogen and oxygen atoms in total. The van der Waals surface area contributed by atoms with Gasteiger partial charge < -0.3 is 9.84 Å². The number of rotatable bonds is 5. The van der Waals surface area contributed by atoms with E-state index in [1.807, 2.05) is 30.5 Å². The van der Waals surface area contributed by atoms with E-state index >= 15 is 0 Å². The van der Waals surface area contributed by atoms with Crippen LogP contribution in [0, 0.1) is 17.1 Å². The number of carbonyl (C=O) groups is 1. The van der Waals surface area contributed by atoms with Gasteiger partial charge in [0.05, 0.1) is 36.1 Å². The normalized spacial score (nSPS) is 22.0. The molecule has 1 amide bonds. The molecule has 3 aromatic rings. The number of hydrogen-bond acceptors (Lipinski definition) is 6. The molecule has 172 valence electrons. The van der Waals surface area contributed by atoms with Crippen molar-refractivity contribution >= 4 is 17.7 Å². The highest BCUT2D eigenvalue weighted by Gasteiger charge is 2.51. The number of nitriles is 1. The first-order chi connectivity index (χ1) is 16.4. The van der Waals surface area contributed by atoms with Gasteiger partial charge in [-0.25, -0.2) is 4.39 Å². The number of aliphatic hydroxyl groups is 1. The molecule has 1 fully saturated rings. The minimum absolute atomic E-state index is 0.0317. The van der Waals surface area contributed by atoms with E-state index in [0.717, 1.165) is 11.1 Å². The monoisotopic (exact) mass is 476 g/mol. The second kappa shape index (κ2) is 8.63. The molecule has 9 heteroatoms. The quantitative estimate of drug-likeness (QED) is 0.604. The Balaban J connectivity index is 1.54. The Labute approximate surface area is 200 Å². The van der Waals surface area contributed by atoms with Crippen LogP contribution in [0.1, 0.15) is 29.0 Å². The van der Waals surface area contributed by atoms with Gasteiger partial charge in [0.2, 0.25) is 5.91 Å². The number of ether oxygens (including phenoxy) is 1. The third-order valence-corrected chi connectivity index (χ3v) is 7.44. The second-order valence-corrected chi connectivity index (χ2v) is 9.17. The fourth-order valence-corrected chi connectivity index (χ4v) is 5.91. The molecule has 0 spiro atoms. The molecule has 2 aliphatic rings. The fourth-order valence-electron chi connectivity index (χ4n) is 4.55. The summed E-state index contributed by atoms with van der Waals surface area (Å²) in [6, 6.07) is 15.2. The highest BCUT2D eigenvalue weighted by atomic mass is 32.2. The van der Waals surface area contributed by atoms with Gasteiger partial charge in [-0.05, 0) is 35.9 Å². The Morgan fingerprint density at radius 2 is 2.12 bits per heavy atom. The number of aromatic nitrogens is 2. The van der Waals surface area contributed by atoms with Crippen LogP contribution in [0.15, 0.2) is 71.5 Å². The van der Waals surface area contributed by atoms with Gasteiger partial charge in [0.25, 0.3) is 0 Å². The minimum atomic E-state index is -1.64. The van der Waals surface area contributed by atoms with Crippen molar-refractivity contribution in [1.29, 1.82) is 5.26 Å². The first kappa shape index (κ1) is 22.2. The summed E-state index contributed by atoms with van der Waals surface area (Å²) in [5, 5.41) is 26.2. The molecule has 0 saturated carbocycles. The Morgan fingerprint density at radius 1 is 1.32 bits per heavy atom. The maximum Gasteiger partial charge on any atom is 0.231 e. The Morgan fingerprint density at radius 3 is 2.79 bits per heavy atom. The molecule has 34 heavy (non-hydrogen) atoms. The summed E-state index contributed by atoms with van der Waals surface area (Å²) in [5.74, 6) is -0.323. The zero-order chi connectivity index (χ0) is 23.9. The van der Waals surface area contributed by atoms with Crippen LogP contribution in [0.25, 0.3) is 0 Å². The summed E-state index contributed by atoms with van der Waals surface area (Å²) < 4.78 is 20.7. The van der Waals surface area contributed by atoms with Crippen molar-refractivity contribution in [3.8, 4) is 11.8 Å². The summed E-state index contributed by atoms with van der Waals surface area (Å²) >= 11 is 1.26. The topological polar surface area (TPSA) is 91.4 Å². The predicted octanol–water partition coefficient (Wildman–Crippen LogP) is 3.72. The van der Waals surface area contributed by atoms with Crippen LogP contribution < -0.4 is 4.74 Å². The van der Waals surface area contributed by atoms with Crippen LogP contribution in [0.2, 0.25) is 0 Å². The van der Waals surface area contributed by atoms with Crippen LogP contribution in [0.5, 0.6) is 5.75 Å². The van der Waals surface area contributed by atoms with Crippen molar-refractivity contribution in [3.63, 3.8) is 0 Å². The molecule has 0 radical (unpaired) electrons. The molecule has 1 N–H and O–H groups in total. The first-order valence-corrected chi connectivity index (χ1v) is 11.7. The standard InChI is InChI=1S/C25H21FN4O3S/c1-33-22-8-3-16(11-17(22)14-29-10-2-9-28-29)20-12-23(31)30-24(21(20)13-27)34-15-25(30,32)18-4-6-19(26)7-5-18/h2-11,20,32H,12,14-15H2,1H3/t20-,25+/m0/s1. The van der Waals surface area contributed by atoms with E-state index in [4.69, 9.17) is 4.74 Å². The summed E-state index contributed by atoms with van der Waals surface area (Å²) in [6.07, 6.45) is 3.58. The van der Waals surface area contributed by atoms with Crippen molar-refractivity contribution in [1.82, 2.24) is 14.7 Å². The molecule has 0 aliphatic carbocycles. The average Bonchev–Trinajstić information content (AvgIpc) is 3.48. The van der Waals surface area contributed by atoms with Gasteiger partial charge >= 0.3 is 0 Å². The molecular formula is C25H21FN4O3S. The van der Waals surface area contributed by atoms with Gasteiger partial charge in [0.1, 0.15) is 11.6 Å². The van der Waals surface area contributed by atoms with Crippen molar-refractivity contribution in [3.05, 3.63) is 94.0 Å². The number of allylic oxidation sites excluding steroid dienone is 1. The summed E-state index contributed by atoms with van der Waals surface area (Å²) in [6.45, 7) is 0.480. The van der Waals surface area contributed by atoms with Crippen LogP contribution in [0.3, 0.4) is 0 Å². The van der Waals surface area contributed by atoms with Gasteiger partial charge in [-0.3, -0.25) is 14.4 Å². The van der Waals surface area contributed by atoms with Crippen LogP contribution in [-0.2, 0) is 17.1 Å². The Kier molecular flexibility index (Phi) is 5.63. The van der Waals surface area contributed by atoms with E-state index < -0.39 is 17.5 Å². The maximum absolute atomic E-state index is 13.4. The second-order valence-electron chi connectivity index (χ2n) is 8.20. The van der Waals surface area contributed by atoms with Crippen LogP contribution >= 0.6 is 11.8 Å². The zero-order valence-corrected chi connectivity index (χ0v) is 19.1. The predicted molar refractivity (Wildman–Crippen MR) is 124 cm³/mol. The lowest BCUT2D eigenvalue weighted by Gasteiger charge is -2.38. The third-order valence-electron chi connectivity index (χ3n) is 6.22. The van der Waals surface area contributed by atoms with Crippen molar-refractivity contribution < 1.29 is 19.0 Å². The molecule has 3 heterocycles. The molecule has 2 aromatic carbocycles. The molecule has 1 aromatic heterocycles. The van der Waals surface area contributed by atoms with Gasteiger partial charge in [0.15, 0.2) is 5.72 Å². The zero-order valence-electron chi connectivity index (χ0n) is 18.3. The molecule has 0 bridgehead atoms. The SMILES string of the molecule is COc1ccc([C@@H]2CC(=O)N3C(=C2C#N)SC[C@@]3(O)c2ccc(F)cc2)cc1Cn1cccn1. The number of fused-ring (bicyclic) bond motifs is 1. The number of methoxy groups -OCH3 is 1.